The van der Waals surface area contributed by atoms with E-state index in [1.807, 2.05) is 0 Å². The van der Waals surface area contributed by atoms with Gasteiger partial charge < -0.3 is 0 Å². The Morgan fingerprint density at radius 1 is 1.70 bits per heavy atom. The summed E-state index contributed by atoms with van der Waals surface area (Å²) in [7, 11) is 0. The highest BCUT2D eigenvalue weighted by atomic mass is 32.1. The number of rotatable bonds is 1. The molecular formula is C7H9N2S+. The van der Waals surface area contributed by atoms with E-state index in [2.05, 4.69) is 40.0 Å². The van der Waals surface area contributed by atoms with E-state index in [9.17, 15) is 0 Å². The van der Waals surface area contributed by atoms with Crippen molar-refractivity contribution in [3.8, 4) is 0 Å². The van der Waals surface area contributed by atoms with Crippen LogP contribution in [-0.2, 0) is 6.54 Å². The topological polar surface area (TPSA) is 8.29 Å². The van der Waals surface area contributed by atoms with E-state index in [0.717, 1.165) is 6.54 Å². The third-order valence-electron chi connectivity index (χ3n) is 1.58. The van der Waals surface area contributed by atoms with Gasteiger partial charge in [-0.05, 0) is 6.92 Å². The van der Waals surface area contributed by atoms with E-state index in [1.165, 1.54) is 4.83 Å². The molecule has 2 aromatic rings. The molecule has 0 fully saturated rings. The first-order valence-corrected chi connectivity index (χ1v) is 4.22. The van der Waals surface area contributed by atoms with Gasteiger partial charge in [-0.3, -0.25) is 0 Å². The third kappa shape index (κ3) is 0.743. The van der Waals surface area contributed by atoms with E-state index in [1.54, 1.807) is 11.3 Å². The highest BCUT2D eigenvalue weighted by Crippen LogP contribution is 2.07. The van der Waals surface area contributed by atoms with E-state index in [4.69, 9.17) is 0 Å². The van der Waals surface area contributed by atoms with Gasteiger partial charge in [-0.2, -0.15) is 4.40 Å². The minimum atomic E-state index is 1.05. The highest BCUT2D eigenvalue weighted by molar-refractivity contribution is 7.15. The fraction of sp³-hybridized carbons (Fsp3) is 0.286. The second-order valence-corrected chi connectivity index (χ2v) is 3.15. The van der Waals surface area contributed by atoms with Crippen molar-refractivity contribution < 1.29 is 4.57 Å². The predicted octanol–water partition coefficient (Wildman–Crippen LogP) is 1.31. The van der Waals surface area contributed by atoms with Crippen LogP contribution < -0.4 is 4.57 Å². The Labute approximate surface area is 63.3 Å². The Bertz CT molecular complexity index is 305. The van der Waals surface area contributed by atoms with Crippen LogP contribution in [0, 0.1) is 0 Å². The average Bonchev–Trinajstić information content (AvgIpc) is 2.42. The number of aryl methyl sites for hydroxylation is 1. The molecule has 0 N–H and O–H groups in total. The second kappa shape index (κ2) is 2.09. The molecule has 2 aromatic heterocycles. The van der Waals surface area contributed by atoms with Crippen LogP contribution in [0.4, 0.5) is 0 Å². The van der Waals surface area contributed by atoms with Gasteiger partial charge in [0.15, 0.2) is 0 Å². The molecule has 0 aromatic carbocycles. The quantitative estimate of drug-likeness (QED) is 0.546. The van der Waals surface area contributed by atoms with Crippen molar-refractivity contribution in [3.05, 3.63) is 24.1 Å². The minimum Gasteiger partial charge on any atom is -0.235 e. The standard InChI is InChI=1S/C7H9N2S/c1-2-8-5-7-9(6-8)3-4-10-7/h3-6H,2H2,1H3/q+1. The largest absolute Gasteiger partial charge is 0.249 e. The molecular weight excluding hydrogens is 144 g/mol. The molecule has 0 atom stereocenters. The predicted molar refractivity (Wildman–Crippen MR) is 41.1 cm³/mol. The van der Waals surface area contributed by atoms with Gasteiger partial charge in [-0.25, -0.2) is 4.57 Å². The minimum absolute atomic E-state index is 1.05. The molecule has 2 rings (SSSR count). The Morgan fingerprint density at radius 3 is 3.30 bits per heavy atom. The van der Waals surface area contributed by atoms with Crippen LogP contribution in [0.3, 0.4) is 0 Å². The fourth-order valence-electron chi connectivity index (χ4n) is 1.00. The van der Waals surface area contributed by atoms with E-state index in [-0.39, 0.29) is 0 Å². The summed E-state index contributed by atoms with van der Waals surface area (Å²) in [5.74, 6) is 0. The highest BCUT2D eigenvalue weighted by Gasteiger charge is 2.03. The zero-order valence-electron chi connectivity index (χ0n) is 5.82. The molecule has 0 radical (unpaired) electrons. The summed E-state index contributed by atoms with van der Waals surface area (Å²) in [6, 6.07) is 0. The molecule has 10 heavy (non-hydrogen) atoms. The maximum absolute atomic E-state index is 2.17. The number of fused-ring (bicyclic) bond motifs is 1. The summed E-state index contributed by atoms with van der Waals surface area (Å²) in [4.78, 5) is 1.31. The number of thiazole rings is 1. The van der Waals surface area contributed by atoms with Crippen LogP contribution in [0.15, 0.2) is 24.1 Å². The first-order valence-electron chi connectivity index (χ1n) is 3.34. The number of imidazole rings is 1. The van der Waals surface area contributed by atoms with Crippen LogP contribution >= 0.6 is 11.3 Å². The van der Waals surface area contributed by atoms with Gasteiger partial charge in [0.1, 0.15) is 12.4 Å². The van der Waals surface area contributed by atoms with Gasteiger partial charge in [-0.1, -0.05) is 11.3 Å². The lowest BCUT2D eigenvalue weighted by Crippen LogP contribution is -2.28. The fourth-order valence-corrected chi connectivity index (χ4v) is 1.76. The first-order chi connectivity index (χ1) is 4.90. The van der Waals surface area contributed by atoms with Crippen molar-refractivity contribution in [2.75, 3.05) is 0 Å². The smallest absolute Gasteiger partial charge is 0.235 e. The maximum Gasteiger partial charge on any atom is 0.249 e. The van der Waals surface area contributed by atoms with Crippen molar-refractivity contribution >= 4 is 16.2 Å². The van der Waals surface area contributed by atoms with Crippen LogP contribution in [0.5, 0.6) is 0 Å². The average molecular weight is 153 g/mol. The van der Waals surface area contributed by atoms with E-state index in [0.29, 0.717) is 0 Å². The molecule has 0 aliphatic heterocycles. The molecule has 2 heterocycles. The van der Waals surface area contributed by atoms with Crippen molar-refractivity contribution in [2.45, 2.75) is 13.5 Å². The summed E-state index contributed by atoms with van der Waals surface area (Å²) >= 11 is 1.77. The lowest BCUT2D eigenvalue weighted by atomic mass is 10.7. The zero-order chi connectivity index (χ0) is 6.97. The zero-order valence-corrected chi connectivity index (χ0v) is 6.64. The van der Waals surface area contributed by atoms with Gasteiger partial charge in [0.25, 0.3) is 0 Å². The van der Waals surface area contributed by atoms with Crippen LogP contribution in [0.25, 0.3) is 4.83 Å². The molecule has 0 bridgehead atoms. The molecule has 0 saturated heterocycles. The molecule has 0 aliphatic rings. The van der Waals surface area contributed by atoms with Gasteiger partial charge >= 0.3 is 0 Å². The number of nitrogens with zero attached hydrogens (tertiary/aromatic N) is 2. The molecule has 0 amide bonds. The molecule has 0 unspecified atom stereocenters. The van der Waals surface area contributed by atoms with E-state index >= 15 is 0 Å². The first kappa shape index (κ1) is 5.92. The molecule has 3 heteroatoms. The molecule has 0 spiro atoms. The summed E-state index contributed by atoms with van der Waals surface area (Å²) in [6.45, 7) is 3.19. The van der Waals surface area contributed by atoms with Crippen LogP contribution in [-0.4, -0.2) is 4.40 Å². The Kier molecular flexibility index (Phi) is 1.24. The summed E-state index contributed by atoms with van der Waals surface area (Å²) < 4.78 is 4.31. The maximum atomic E-state index is 2.17. The number of hydrogen-bond donors (Lipinski definition) is 0. The van der Waals surface area contributed by atoms with Crippen molar-refractivity contribution in [1.29, 1.82) is 0 Å². The van der Waals surface area contributed by atoms with Gasteiger partial charge in [0, 0.05) is 5.38 Å². The Morgan fingerprint density at radius 2 is 2.60 bits per heavy atom. The van der Waals surface area contributed by atoms with Gasteiger partial charge in [0.2, 0.25) is 11.2 Å². The van der Waals surface area contributed by atoms with Crippen molar-refractivity contribution in [1.82, 2.24) is 4.40 Å². The SMILES string of the molecule is CC[n+]1cc2sccn2c1. The van der Waals surface area contributed by atoms with Gasteiger partial charge in [-0.15, -0.1) is 0 Å². The monoisotopic (exact) mass is 153 g/mol. The van der Waals surface area contributed by atoms with E-state index < -0.39 is 0 Å². The molecule has 2 nitrogen and oxygen atoms in total. The lowest BCUT2D eigenvalue weighted by molar-refractivity contribution is -0.692. The van der Waals surface area contributed by atoms with Gasteiger partial charge in [0.05, 0.1) is 6.54 Å². The van der Waals surface area contributed by atoms with Crippen LogP contribution in [0.2, 0.25) is 0 Å². The lowest BCUT2D eigenvalue weighted by Gasteiger charge is -1.80. The van der Waals surface area contributed by atoms with Crippen LogP contribution in [0.1, 0.15) is 6.92 Å². The Hall–Kier alpha value is -0.830. The number of aromatic nitrogens is 2. The molecule has 0 saturated carbocycles. The summed E-state index contributed by atoms with van der Waals surface area (Å²) in [5, 5.41) is 2.09. The normalized spacial score (nSPS) is 10.9. The molecule has 0 aliphatic carbocycles. The van der Waals surface area contributed by atoms with Crippen molar-refractivity contribution in [2.24, 2.45) is 0 Å². The number of hydrogen-bond acceptors (Lipinski definition) is 1. The Balaban J connectivity index is 2.67. The second-order valence-electron chi connectivity index (χ2n) is 2.22. The summed E-state index contributed by atoms with van der Waals surface area (Å²) in [5.41, 5.74) is 0. The summed E-state index contributed by atoms with van der Waals surface area (Å²) in [6.07, 6.45) is 6.34. The third-order valence-corrected chi connectivity index (χ3v) is 2.39. The molecule has 52 valence electrons. The van der Waals surface area contributed by atoms with Crippen molar-refractivity contribution in [3.63, 3.8) is 0 Å².